The number of hydrogen-bond acceptors (Lipinski definition) is 3. The second-order valence-corrected chi connectivity index (χ2v) is 6.37. The molecule has 1 heterocycles. The Balaban J connectivity index is 0.00000288. The smallest absolute Gasteiger partial charge is 0.191 e. The zero-order valence-corrected chi connectivity index (χ0v) is 17.0. The number of rotatable bonds is 7. The number of nitrogens with one attached hydrogen (secondary N) is 2. The van der Waals surface area contributed by atoms with Crippen molar-refractivity contribution in [3.63, 3.8) is 0 Å². The molecule has 0 saturated carbocycles. The molecule has 0 aliphatic carbocycles. The lowest BCUT2D eigenvalue weighted by Gasteiger charge is -2.27. The molecule has 24 heavy (non-hydrogen) atoms. The van der Waals surface area contributed by atoms with E-state index in [1.54, 1.807) is 7.05 Å². The largest absolute Gasteiger partial charge is 0.396 e. The summed E-state index contributed by atoms with van der Waals surface area (Å²) >= 11 is 0. The molecule has 136 valence electrons. The molecule has 1 saturated heterocycles. The first-order valence-electron chi connectivity index (χ1n) is 8.36. The highest BCUT2D eigenvalue weighted by atomic mass is 127. The van der Waals surface area contributed by atoms with Gasteiger partial charge in [-0.1, -0.05) is 29.8 Å². The average Bonchev–Trinajstić information content (AvgIpc) is 3.00. The van der Waals surface area contributed by atoms with Crippen molar-refractivity contribution in [1.29, 1.82) is 0 Å². The fourth-order valence-corrected chi connectivity index (χ4v) is 3.00. The minimum atomic E-state index is 0. The third-order valence-electron chi connectivity index (χ3n) is 4.47. The molecule has 1 aliphatic rings. The Morgan fingerprint density at radius 2 is 2.21 bits per heavy atom. The van der Waals surface area contributed by atoms with Gasteiger partial charge in [-0.25, -0.2) is 0 Å². The molecule has 1 aromatic carbocycles. The SMILES string of the molecule is CN=C(NCCc1cccc(C)c1)NCC1(CCO)CCOC1.I. The van der Waals surface area contributed by atoms with Crippen LogP contribution >= 0.6 is 24.0 Å². The number of nitrogens with zero attached hydrogens (tertiary/aromatic N) is 1. The van der Waals surface area contributed by atoms with Gasteiger partial charge < -0.3 is 20.5 Å². The topological polar surface area (TPSA) is 65.9 Å². The monoisotopic (exact) mass is 447 g/mol. The predicted octanol–water partition coefficient (Wildman–Crippen LogP) is 2.11. The van der Waals surface area contributed by atoms with Gasteiger partial charge in [0, 0.05) is 38.8 Å². The summed E-state index contributed by atoms with van der Waals surface area (Å²) < 4.78 is 5.52. The highest BCUT2D eigenvalue weighted by Crippen LogP contribution is 2.31. The van der Waals surface area contributed by atoms with Crippen LogP contribution in [0.5, 0.6) is 0 Å². The lowest BCUT2D eigenvalue weighted by atomic mass is 9.84. The maximum absolute atomic E-state index is 9.27. The van der Waals surface area contributed by atoms with Crippen LogP contribution in [-0.4, -0.2) is 51.0 Å². The molecule has 6 heteroatoms. The van der Waals surface area contributed by atoms with E-state index in [9.17, 15) is 5.11 Å². The molecule has 0 bridgehead atoms. The fraction of sp³-hybridized carbons (Fsp3) is 0.611. The van der Waals surface area contributed by atoms with Crippen LogP contribution in [0.25, 0.3) is 0 Å². The van der Waals surface area contributed by atoms with Crippen LogP contribution < -0.4 is 10.6 Å². The Morgan fingerprint density at radius 1 is 1.38 bits per heavy atom. The molecule has 0 radical (unpaired) electrons. The normalized spacial score (nSPS) is 20.5. The number of guanidine groups is 1. The molecule has 0 aromatic heterocycles. The summed E-state index contributed by atoms with van der Waals surface area (Å²) in [5, 5.41) is 16.0. The number of halogens is 1. The molecular weight excluding hydrogens is 417 g/mol. The van der Waals surface area contributed by atoms with E-state index in [2.05, 4.69) is 46.8 Å². The van der Waals surface area contributed by atoms with Gasteiger partial charge in [0.25, 0.3) is 0 Å². The molecular formula is C18H30IN3O2. The number of aryl methyl sites for hydroxylation is 1. The number of hydrogen-bond donors (Lipinski definition) is 3. The van der Waals surface area contributed by atoms with E-state index in [-0.39, 0.29) is 36.0 Å². The number of ether oxygens (including phenoxy) is 1. The standard InChI is InChI=1S/C18H29N3O2.HI/c1-15-4-3-5-16(12-15)6-9-20-17(19-2)21-13-18(7-10-22)8-11-23-14-18;/h3-5,12,22H,6-11,13-14H2,1-2H3,(H2,19,20,21);1H. The highest BCUT2D eigenvalue weighted by Gasteiger charge is 2.34. The second-order valence-electron chi connectivity index (χ2n) is 6.37. The molecule has 0 amide bonds. The van der Waals surface area contributed by atoms with Crippen molar-refractivity contribution in [3.05, 3.63) is 35.4 Å². The maximum Gasteiger partial charge on any atom is 0.191 e. The third kappa shape index (κ3) is 6.57. The molecule has 2 rings (SSSR count). The highest BCUT2D eigenvalue weighted by molar-refractivity contribution is 14.0. The lowest BCUT2D eigenvalue weighted by Crippen LogP contribution is -2.45. The molecule has 1 aromatic rings. The van der Waals surface area contributed by atoms with Crippen LogP contribution in [0.15, 0.2) is 29.3 Å². The Kier molecular flexibility index (Phi) is 9.61. The summed E-state index contributed by atoms with van der Waals surface area (Å²) in [5.74, 6) is 0.807. The van der Waals surface area contributed by atoms with Crippen molar-refractivity contribution in [2.45, 2.75) is 26.2 Å². The van der Waals surface area contributed by atoms with Crippen molar-refractivity contribution in [2.24, 2.45) is 10.4 Å². The summed E-state index contributed by atoms with van der Waals surface area (Å²) in [6.45, 7) is 5.42. The number of benzene rings is 1. The van der Waals surface area contributed by atoms with Gasteiger partial charge in [0.15, 0.2) is 5.96 Å². The molecule has 1 unspecified atom stereocenters. The van der Waals surface area contributed by atoms with Crippen LogP contribution in [-0.2, 0) is 11.2 Å². The minimum absolute atomic E-state index is 0. The van der Waals surface area contributed by atoms with Crippen molar-refractivity contribution in [2.75, 3.05) is 40.0 Å². The van der Waals surface area contributed by atoms with Crippen LogP contribution in [0.1, 0.15) is 24.0 Å². The van der Waals surface area contributed by atoms with E-state index in [0.717, 1.165) is 44.9 Å². The van der Waals surface area contributed by atoms with E-state index >= 15 is 0 Å². The first kappa shape index (κ1) is 21.2. The molecule has 3 N–H and O–H groups in total. The maximum atomic E-state index is 9.27. The minimum Gasteiger partial charge on any atom is -0.396 e. The van der Waals surface area contributed by atoms with Gasteiger partial charge in [-0.3, -0.25) is 4.99 Å². The van der Waals surface area contributed by atoms with Gasteiger partial charge in [-0.2, -0.15) is 0 Å². The molecule has 1 fully saturated rings. The first-order chi connectivity index (χ1) is 11.2. The third-order valence-corrected chi connectivity index (χ3v) is 4.47. The second kappa shape index (κ2) is 10.9. The molecule has 1 aliphatic heterocycles. The summed E-state index contributed by atoms with van der Waals surface area (Å²) in [6.07, 6.45) is 2.72. The van der Waals surface area contributed by atoms with Gasteiger partial charge >= 0.3 is 0 Å². The van der Waals surface area contributed by atoms with E-state index < -0.39 is 0 Å². The number of aliphatic hydroxyl groups excluding tert-OH is 1. The van der Waals surface area contributed by atoms with Crippen LogP contribution in [0, 0.1) is 12.3 Å². The van der Waals surface area contributed by atoms with Crippen LogP contribution in [0.4, 0.5) is 0 Å². The van der Waals surface area contributed by atoms with Gasteiger partial charge in [-0.05, 0) is 31.7 Å². The van der Waals surface area contributed by atoms with Gasteiger partial charge in [0.1, 0.15) is 0 Å². The number of aliphatic hydroxyl groups is 1. The fourth-order valence-electron chi connectivity index (χ4n) is 3.00. The number of aliphatic imine (C=N–C) groups is 1. The summed E-state index contributed by atoms with van der Waals surface area (Å²) in [5.41, 5.74) is 2.65. The van der Waals surface area contributed by atoms with Crippen molar-refractivity contribution >= 4 is 29.9 Å². The van der Waals surface area contributed by atoms with Gasteiger partial charge in [0.05, 0.1) is 6.61 Å². The molecule has 5 nitrogen and oxygen atoms in total. The summed E-state index contributed by atoms with van der Waals surface area (Å²) in [6, 6.07) is 8.57. The predicted molar refractivity (Wildman–Crippen MR) is 109 cm³/mol. The van der Waals surface area contributed by atoms with E-state index in [1.165, 1.54) is 11.1 Å². The van der Waals surface area contributed by atoms with Crippen molar-refractivity contribution in [1.82, 2.24) is 10.6 Å². The van der Waals surface area contributed by atoms with Crippen molar-refractivity contribution in [3.8, 4) is 0 Å². The summed E-state index contributed by atoms with van der Waals surface area (Å²) in [7, 11) is 1.78. The Morgan fingerprint density at radius 3 is 2.83 bits per heavy atom. The zero-order chi connectivity index (χ0) is 16.5. The van der Waals surface area contributed by atoms with Crippen molar-refractivity contribution < 1.29 is 9.84 Å². The van der Waals surface area contributed by atoms with E-state index in [1.807, 2.05) is 0 Å². The average molecular weight is 447 g/mol. The Bertz CT molecular complexity index is 517. The van der Waals surface area contributed by atoms with Gasteiger partial charge in [0.2, 0.25) is 0 Å². The molecule has 0 spiro atoms. The summed E-state index contributed by atoms with van der Waals surface area (Å²) in [4.78, 5) is 4.28. The van der Waals surface area contributed by atoms with E-state index in [0.29, 0.717) is 6.61 Å². The Labute approximate surface area is 162 Å². The first-order valence-corrected chi connectivity index (χ1v) is 8.36. The van der Waals surface area contributed by atoms with Crippen LogP contribution in [0.3, 0.4) is 0 Å². The lowest BCUT2D eigenvalue weighted by molar-refractivity contribution is 0.127. The van der Waals surface area contributed by atoms with Crippen LogP contribution in [0.2, 0.25) is 0 Å². The van der Waals surface area contributed by atoms with Gasteiger partial charge in [-0.15, -0.1) is 24.0 Å². The quantitative estimate of drug-likeness (QED) is 0.341. The molecule has 1 atom stereocenters. The zero-order valence-electron chi connectivity index (χ0n) is 14.7. The Hall–Kier alpha value is -0.860. The van der Waals surface area contributed by atoms with E-state index in [4.69, 9.17) is 4.74 Å².